The van der Waals surface area contributed by atoms with Gasteiger partial charge in [0.2, 0.25) is 0 Å². The summed E-state index contributed by atoms with van der Waals surface area (Å²) < 4.78 is 26.3. The van der Waals surface area contributed by atoms with Crippen LogP contribution in [-0.4, -0.2) is 17.8 Å². The Labute approximate surface area is 124 Å². The molecule has 0 saturated heterocycles. The molecule has 0 bridgehead atoms. The summed E-state index contributed by atoms with van der Waals surface area (Å²) >= 11 is 1.67. The van der Waals surface area contributed by atoms with E-state index >= 15 is 0 Å². The summed E-state index contributed by atoms with van der Waals surface area (Å²) in [5.41, 5.74) is 0.322. The molecule has 112 valence electrons. The van der Waals surface area contributed by atoms with Gasteiger partial charge in [0.15, 0.2) is 11.6 Å². The van der Waals surface area contributed by atoms with Gasteiger partial charge >= 0.3 is 0 Å². The fraction of sp³-hybridized carbons (Fsp3) is 0.625. The van der Waals surface area contributed by atoms with Gasteiger partial charge in [0.05, 0.1) is 0 Å². The van der Waals surface area contributed by atoms with E-state index in [-0.39, 0.29) is 0 Å². The number of nitrogens with one attached hydrogen (secondary N) is 1. The Bertz CT molecular complexity index is 462. The lowest BCUT2D eigenvalue weighted by Gasteiger charge is -2.40. The van der Waals surface area contributed by atoms with Gasteiger partial charge in [-0.2, -0.15) is 0 Å². The van der Waals surface area contributed by atoms with E-state index in [2.05, 4.69) is 26.1 Å². The van der Waals surface area contributed by atoms with Gasteiger partial charge in [0, 0.05) is 16.2 Å². The molecule has 1 saturated carbocycles. The average molecular weight is 299 g/mol. The van der Waals surface area contributed by atoms with E-state index < -0.39 is 11.6 Å². The second-order valence-corrected chi connectivity index (χ2v) is 7.62. The highest BCUT2D eigenvalue weighted by Crippen LogP contribution is 2.42. The Hall–Kier alpha value is -0.610. The predicted molar refractivity (Wildman–Crippen MR) is 81.1 cm³/mol. The molecule has 0 amide bonds. The van der Waals surface area contributed by atoms with E-state index in [1.807, 2.05) is 0 Å². The normalized spacial score (nSPS) is 25.6. The molecule has 0 heterocycles. The van der Waals surface area contributed by atoms with Crippen molar-refractivity contribution in [3.63, 3.8) is 0 Å². The Morgan fingerprint density at radius 2 is 2.05 bits per heavy atom. The molecule has 0 radical (unpaired) electrons. The first-order valence-electron chi connectivity index (χ1n) is 7.26. The zero-order valence-corrected chi connectivity index (χ0v) is 13.2. The van der Waals surface area contributed by atoms with Crippen LogP contribution in [0.1, 0.15) is 40.0 Å². The van der Waals surface area contributed by atoms with Gasteiger partial charge in [-0.3, -0.25) is 0 Å². The zero-order valence-electron chi connectivity index (χ0n) is 12.4. The highest BCUT2D eigenvalue weighted by molar-refractivity contribution is 8.00. The molecular formula is C16H23F2NS. The average Bonchev–Trinajstić information content (AvgIpc) is 2.37. The maximum atomic E-state index is 13.3. The van der Waals surface area contributed by atoms with Crippen molar-refractivity contribution in [1.82, 2.24) is 5.32 Å². The topological polar surface area (TPSA) is 12.0 Å². The highest BCUT2D eigenvalue weighted by atomic mass is 32.2. The van der Waals surface area contributed by atoms with E-state index in [4.69, 9.17) is 0 Å². The molecule has 1 aliphatic carbocycles. The molecule has 20 heavy (non-hydrogen) atoms. The number of rotatable bonds is 4. The molecule has 0 aliphatic heterocycles. The molecule has 1 aromatic rings. The van der Waals surface area contributed by atoms with E-state index in [0.717, 1.165) is 24.3 Å². The summed E-state index contributed by atoms with van der Waals surface area (Å²) in [6, 6.07) is 4.65. The second kappa shape index (κ2) is 6.44. The van der Waals surface area contributed by atoms with E-state index in [9.17, 15) is 8.78 Å². The molecule has 0 aromatic heterocycles. The van der Waals surface area contributed by atoms with Gasteiger partial charge in [0.1, 0.15) is 0 Å². The first kappa shape index (κ1) is 15.8. The molecule has 1 N–H and O–H groups in total. The maximum absolute atomic E-state index is 13.3. The van der Waals surface area contributed by atoms with Crippen molar-refractivity contribution < 1.29 is 8.78 Å². The predicted octanol–water partition coefficient (Wildman–Crippen LogP) is 4.61. The fourth-order valence-electron chi connectivity index (χ4n) is 2.87. The summed E-state index contributed by atoms with van der Waals surface area (Å²) in [5, 5.41) is 3.94. The standard InChI is InChI=1S/C16H23F2NS/c1-4-19-14-7-8-16(2,3)10-15(14)20-11-5-6-12(17)13(18)9-11/h5-6,9,14-15,19H,4,7-8,10H2,1-3H3. The summed E-state index contributed by atoms with van der Waals surface area (Å²) in [7, 11) is 0. The van der Waals surface area contributed by atoms with Crippen molar-refractivity contribution in [2.75, 3.05) is 6.54 Å². The van der Waals surface area contributed by atoms with Crippen LogP contribution >= 0.6 is 11.8 Å². The lowest BCUT2D eigenvalue weighted by Crippen LogP contribution is -2.44. The number of hydrogen-bond donors (Lipinski definition) is 1. The molecule has 2 unspecified atom stereocenters. The summed E-state index contributed by atoms with van der Waals surface area (Å²) in [5.74, 6) is -1.54. The first-order chi connectivity index (χ1) is 9.41. The molecule has 1 fully saturated rings. The third kappa shape index (κ3) is 3.95. The quantitative estimate of drug-likeness (QED) is 0.871. The largest absolute Gasteiger partial charge is 0.313 e. The molecule has 0 spiro atoms. The van der Waals surface area contributed by atoms with Gasteiger partial charge < -0.3 is 5.32 Å². The minimum Gasteiger partial charge on any atom is -0.313 e. The van der Waals surface area contributed by atoms with E-state index in [1.165, 1.54) is 18.6 Å². The third-order valence-electron chi connectivity index (χ3n) is 3.98. The first-order valence-corrected chi connectivity index (χ1v) is 8.14. The van der Waals surface area contributed by atoms with Gasteiger partial charge in [-0.25, -0.2) is 8.78 Å². The molecule has 4 heteroatoms. The monoisotopic (exact) mass is 299 g/mol. The summed E-state index contributed by atoms with van der Waals surface area (Å²) in [6.45, 7) is 7.63. The number of hydrogen-bond acceptors (Lipinski definition) is 2. The van der Waals surface area contributed by atoms with Crippen LogP contribution in [0.2, 0.25) is 0 Å². The van der Waals surface area contributed by atoms with Crippen molar-refractivity contribution in [3.05, 3.63) is 29.8 Å². The Balaban J connectivity index is 2.11. The second-order valence-electron chi connectivity index (χ2n) is 6.30. The van der Waals surface area contributed by atoms with Gasteiger partial charge in [-0.15, -0.1) is 11.8 Å². The van der Waals surface area contributed by atoms with Crippen molar-refractivity contribution in [3.8, 4) is 0 Å². The Morgan fingerprint density at radius 1 is 1.30 bits per heavy atom. The minimum atomic E-state index is -0.776. The molecular weight excluding hydrogens is 276 g/mol. The number of halogens is 2. The molecule has 1 nitrogen and oxygen atoms in total. The van der Waals surface area contributed by atoms with Crippen molar-refractivity contribution in [2.45, 2.75) is 56.2 Å². The van der Waals surface area contributed by atoms with Crippen LogP contribution in [-0.2, 0) is 0 Å². The number of benzene rings is 1. The molecule has 1 aromatic carbocycles. The van der Waals surface area contributed by atoms with E-state index in [0.29, 0.717) is 16.7 Å². The highest BCUT2D eigenvalue weighted by Gasteiger charge is 2.35. The van der Waals surface area contributed by atoms with Crippen LogP contribution in [0.25, 0.3) is 0 Å². The molecule has 2 atom stereocenters. The summed E-state index contributed by atoms with van der Waals surface area (Å²) in [6.07, 6.45) is 3.44. The Kier molecular flexibility index (Phi) is 5.08. The van der Waals surface area contributed by atoms with Gasteiger partial charge in [-0.1, -0.05) is 20.8 Å². The van der Waals surface area contributed by atoms with Crippen LogP contribution in [0, 0.1) is 17.0 Å². The minimum absolute atomic E-state index is 0.322. The van der Waals surface area contributed by atoms with Gasteiger partial charge in [0.25, 0.3) is 0 Å². The van der Waals surface area contributed by atoms with Crippen LogP contribution in [0.3, 0.4) is 0 Å². The lowest BCUT2D eigenvalue weighted by molar-refractivity contribution is 0.215. The van der Waals surface area contributed by atoms with Crippen molar-refractivity contribution >= 4 is 11.8 Å². The van der Waals surface area contributed by atoms with Gasteiger partial charge in [-0.05, 0) is 49.4 Å². The lowest BCUT2D eigenvalue weighted by atomic mass is 9.75. The molecule has 2 rings (SSSR count). The van der Waals surface area contributed by atoms with Crippen LogP contribution in [0.5, 0.6) is 0 Å². The molecule has 1 aliphatic rings. The van der Waals surface area contributed by atoms with Crippen LogP contribution in [0.4, 0.5) is 8.78 Å². The van der Waals surface area contributed by atoms with Crippen LogP contribution in [0.15, 0.2) is 23.1 Å². The van der Waals surface area contributed by atoms with Crippen molar-refractivity contribution in [2.24, 2.45) is 5.41 Å². The van der Waals surface area contributed by atoms with E-state index in [1.54, 1.807) is 17.8 Å². The fourth-order valence-corrected chi connectivity index (χ4v) is 4.46. The summed E-state index contributed by atoms with van der Waals surface area (Å²) in [4.78, 5) is 0.814. The smallest absolute Gasteiger partial charge is 0.159 e. The number of thioether (sulfide) groups is 1. The van der Waals surface area contributed by atoms with Crippen molar-refractivity contribution in [1.29, 1.82) is 0 Å². The Morgan fingerprint density at radius 3 is 2.70 bits per heavy atom. The maximum Gasteiger partial charge on any atom is 0.159 e. The third-order valence-corrected chi connectivity index (χ3v) is 5.30. The van der Waals surface area contributed by atoms with Crippen LogP contribution < -0.4 is 5.32 Å². The SMILES string of the molecule is CCNC1CCC(C)(C)CC1Sc1ccc(F)c(F)c1. The zero-order chi connectivity index (χ0) is 14.8.